The second-order valence-corrected chi connectivity index (χ2v) is 3.95. The van der Waals surface area contributed by atoms with Gasteiger partial charge < -0.3 is 4.90 Å². The Labute approximate surface area is 71.1 Å². The molecule has 1 unspecified atom stereocenters. The fraction of sp³-hybridized carbons (Fsp3) is 1.00. The van der Waals surface area contributed by atoms with Gasteiger partial charge in [0.05, 0.1) is 6.54 Å². The van der Waals surface area contributed by atoms with Crippen LogP contribution in [0.2, 0.25) is 0 Å². The van der Waals surface area contributed by atoms with Crippen LogP contribution in [0.3, 0.4) is 0 Å². The topological polar surface area (TPSA) is 6.48 Å². The number of nitrogens with zero attached hydrogens (tertiary/aromatic N) is 2. The summed E-state index contributed by atoms with van der Waals surface area (Å²) < 4.78 is 25.8. The summed E-state index contributed by atoms with van der Waals surface area (Å²) in [6, 6.07) is 0.0961. The number of alkyl halides is 2. The maximum Gasteiger partial charge on any atom is 0.262 e. The van der Waals surface area contributed by atoms with Crippen LogP contribution in [0.4, 0.5) is 8.78 Å². The Hall–Kier alpha value is -0.220. The van der Waals surface area contributed by atoms with Gasteiger partial charge in [0, 0.05) is 32.1 Å². The third kappa shape index (κ3) is 1.45. The highest BCUT2D eigenvalue weighted by Gasteiger charge is 2.46. The lowest BCUT2D eigenvalue weighted by atomic mass is 10.1. The highest BCUT2D eigenvalue weighted by molar-refractivity contribution is 4.94. The van der Waals surface area contributed by atoms with Gasteiger partial charge in [0.15, 0.2) is 0 Å². The van der Waals surface area contributed by atoms with Gasteiger partial charge in [-0.15, -0.1) is 0 Å². The van der Waals surface area contributed by atoms with Crippen LogP contribution in [-0.2, 0) is 0 Å². The average molecular weight is 176 g/mol. The molecule has 0 aromatic rings. The summed E-state index contributed by atoms with van der Waals surface area (Å²) in [5.74, 6) is -2.43. The highest BCUT2D eigenvalue weighted by atomic mass is 19.3. The molecule has 0 aromatic heterocycles. The smallest absolute Gasteiger partial charge is 0.262 e. The summed E-state index contributed by atoms with van der Waals surface area (Å²) in [5.41, 5.74) is 0. The largest absolute Gasteiger partial charge is 0.304 e. The molecule has 12 heavy (non-hydrogen) atoms. The summed E-state index contributed by atoms with van der Waals surface area (Å²) in [6.07, 6.45) is 0.0529. The van der Waals surface area contributed by atoms with Crippen molar-refractivity contribution in [2.24, 2.45) is 0 Å². The minimum absolute atomic E-state index is 0.0223. The predicted octanol–water partition coefficient (Wildman–Crippen LogP) is 0.641. The molecule has 0 aliphatic carbocycles. The van der Waals surface area contributed by atoms with Gasteiger partial charge in [0.1, 0.15) is 0 Å². The fourth-order valence-electron chi connectivity index (χ4n) is 2.16. The number of halogens is 2. The normalized spacial score (nSPS) is 36.8. The number of hydrogen-bond acceptors (Lipinski definition) is 2. The Balaban J connectivity index is 2.02. The van der Waals surface area contributed by atoms with E-state index in [1.54, 1.807) is 0 Å². The van der Waals surface area contributed by atoms with Crippen molar-refractivity contribution in [3.63, 3.8) is 0 Å². The van der Waals surface area contributed by atoms with E-state index in [-0.39, 0.29) is 19.0 Å². The summed E-state index contributed by atoms with van der Waals surface area (Å²) in [7, 11) is 1.99. The molecule has 0 N–H and O–H groups in total. The molecule has 2 fully saturated rings. The molecule has 0 amide bonds. The van der Waals surface area contributed by atoms with Crippen LogP contribution in [0, 0.1) is 0 Å². The van der Waals surface area contributed by atoms with Crippen molar-refractivity contribution >= 4 is 0 Å². The van der Waals surface area contributed by atoms with Crippen LogP contribution < -0.4 is 0 Å². The number of rotatable bonds is 0. The predicted molar refractivity (Wildman–Crippen MR) is 42.4 cm³/mol. The van der Waals surface area contributed by atoms with Gasteiger partial charge in [-0.1, -0.05) is 0 Å². The Kier molecular flexibility index (Phi) is 1.84. The molecule has 2 nitrogen and oxygen atoms in total. The third-order valence-electron chi connectivity index (χ3n) is 2.78. The van der Waals surface area contributed by atoms with Crippen molar-refractivity contribution < 1.29 is 8.78 Å². The molecule has 0 radical (unpaired) electrons. The van der Waals surface area contributed by atoms with E-state index >= 15 is 0 Å². The zero-order chi connectivity index (χ0) is 8.77. The van der Waals surface area contributed by atoms with E-state index in [0.29, 0.717) is 0 Å². The molecule has 0 spiro atoms. The van der Waals surface area contributed by atoms with Crippen LogP contribution >= 0.6 is 0 Å². The zero-order valence-electron chi connectivity index (χ0n) is 7.26. The van der Waals surface area contributed by atoms with E-state index in [1.807, 2.05) is 11.9 Å². The minimum atomic E-state index is -2.43. The van der Waals surface area contributed by atoms with Gasteiger partial charge in [0.25, 0.3) is 5.92 Å². The van der Waals surface area contributed by atoms with Crippen molar-refractivity contribution in [2.75, 3.05) is 33.2 Å². The molecule has 0 aromatic carbocycles. The zero-order valence-corrected chi connectivity index (χ0v) is 7.26. The van der Waals surface area contributed by atoms with Crippen molar-refractivity contribution in [3.05, 3.63) is 0 Å². The van der Waals surface area contributed by atoms with E-state index in [9.17, 15) is 8.78 Å². The molecule has 2 aliphatic rings. The molecule has 2 rings (SSSR count). The maximum absolute atomic E-state index is 12.9. The SMILES string of the molecule is CN1CCN2CC(F)(F)CC2C1. The number of fused-ring (bicyclic) bond motifs is 1. The number of piperazine rings is 1. The Morgan fingerprint density at radius 3 is 2.83 bits per heavy atom. The molecular weight excluding hydrogens is 162 g/mol. The van der Waals surface area contributed by atoms with Gasteiger partial charge in [-0.25, -0.2) is 8.78 Å². The van der Waals surface area contributed by atoms with Crippen molar-refractivity contribution in [1.82, 2.24) is 9.80 Å². The van der Waals surface area contributed by atoms with Gasteiger partial charge in [-0.3, -0.25) is 4.90 Å². The van der Waals surface area contributed by atoms with E-state index in [2.05, 4.69) is 4.90 Å². The monoisotopic (exact) mass is 176 g/mol. The first-order valence-corrected chi connectivity index (χ1v) is 4.37. The Morgan fingerprint density at radius 2 is 2.08 bits per heavy atom. The second kappa shape index (κ2) is 2.64. The lowest BCUT2D eigenvalue weighted by Crippen LogP contribution is -2.48. The number of hydrogen-bond donors (Lipinski definition) is 0. The van der Waals surface area contributed by atoms with Gasteiger partial charge >= 0.3 is 0 Å². The van der Waals surface area contributed by atoms with Crippen molar-refractivity contribution in [1.29, 1.82) is 0 Å². The molecule has 2 heterocycles. The number of likely N-dealkylation sites (N-methyl/N-ethyl adjacent to an activating group) is 1. The summed E-state index contributed by atoms with van der Waals surface area (Å²) in [4.78, 5) is 4.04. The van der Waals surface area contributed by atoms with E-state index in [0.717, 1.165) is 19.6 Å². The van der Waals surface area contributed by atoms with Crippen LogP contribution in [-0.4, -0.2) is 55.0 Å². The fourth-order valence-corrected chi connectivity index (χ4v) is 2.16. The Morgan fingerprint density at radius 1 is 1.33 bits per heavy atom. The van der Waals surface area contributed by atoms with Crippen LogP contribution in [0.25, 0.3) is 0 Å². The van der Waals surface area contributed by atoms with Crippen LogP contribution in [0.15, 0.2) is 0 Å². The second-order valence-electron chi connectivity index (χ2n) is 3.95. The first-order chi connectivity index (χ1) is 5.57. The van der Waals surface area contributed by atoms with Crippen LogP contribution in [0.1, 0.15) is 6.42 Å². The molecule has 70 valence electrons. The first kappa shape index (κ1) is 8.38. The summed E-state index contributed by atoms with van der Waals surface area (Å²) in [5, 5.41) is 0. The lowest BCUT2D eigenvalue weighted by molar-refractivity contribution is 0.0121. The molecule has 2 saturated heterocycles. The molecular formula is C8H14F2N2. The third-order valence-corrected chi connectivity index (χ3v) is 2.78. The van der Waals surface area contributed by atoms with E-state index < -0.39 is 5.92 Å². The van der Waals surface area contributed by atoms with Crippen LogP contribution in [0.5, 0.6) is 0 Å². The molecule has 0 saturated carbocycles. The van der Waals surface area contributed by atoms with E-state index in [1.165, 1.54) is 0 Å². The first-order valence-electron chi connectivity index (χ1n) is 4.37. The van der Waals surface area contributed by atoms with Gasteiger partial charge in [0.2, 0.25) is 0 Å². The highest BCUT2D eigenvalue weighted by Crippen LogP contribution is 2.33. The summed E-state index contributed by atoms with van der Waals surface area (Å²) >= 11 is 0. The van der Waals surface area contributed by atoms with Gasteiger partial charge in [-0.2, -0.15) is 0 Å². The summed E-state index contributed by atoms with van der Waals surface area (Å²) in [6.45, 7) is 2.50. The van der Waals surface area contributed by atoms with Crippen molar-refractivity contribution in [3.8, 4) is 0 Å². The quantitative estimate of drug-likeness (QED) is 0.534. The Bertz CT molecular complexity index is 184. The van der Waals surface area contributed by atoms with Crippen molar-refractivity contribution in [2.45, 2.75) is 18.4 Å². The van der Waals surface area contributed by atoms with Gasteiger partial charge in [-0.05, 0) is 7.05 Å². The maximum atomic E-state index is 12.9. The molecule has 0 bridgehead atoms. The molecule has 1 atom stereocenters. The minimum Gasteiger partial charge on any atom is -0.304 e. The lowest BCUT2D eigenvalue weighted by Gasteiger charge is -2.34. The standard InChI is InChI=1S/C8H14F2N2/c1-11-2-3-12-6-8(9,10)4-7(12)5-11/h7H,2-6H2,1H3. The van der Waals surface area contributed by atoms with E-state index in [4.69, 9.17) is 0 Å². The molecule has 4 heteroatoms. The average Bonchev–Trinajstić information content (AvgIpc) is 2.21. The molecule has 2 aliphatic heterocycles.